The number of carbonyl (C=O) groups is 2. The Morgan fingerprint density at radius 3 is 2.31 bits per heavy atom. The standard InChI is InChI=1S/C27H37N3O3.C2H6/c1-18-9-12-28(13-10-18)25(31)20-7-8-23-21(15-20)22-17-29(26(32)33-27(2,3)4)14-11-24(22)30(23)16-19-5-6-19;1-2/h7-8,15,18-19H,5-6,9-14,16-17H2,1-4H3;1-2H3. The number of carbonyl (C=O) groups excluding carboxylic acids is 2. The minimum absolute atomic E-state index is 0.132. The number of likely N-dealkylation sites (tertiary alicyclic amines) is 1. The van der Waals surface area contributed by atoms with E-state index in [9.17, 15) is 9.59 Å². The van der Waals surface area contributed by atoms with Gasteiger partial charge in [0, 0.05) is 60.3 Å². The van der Waals surface area contributed by atoms with Crippen LogP contribution in [0.4, 0.5) is 4.79 Å². The lowest BCUT2D eigenvalue weighted by molar-refractivity contribution is 0.0223. The van der Waals surface area contributed by atoms with Gasteiger partial charge in [-0.3, -0.25) is 4.79 Å². The predicted octanol–water partition coefficient (Wildman–Crippen LogP) is 6.24. The zero-order valence-corrected chi connectivity index (χ0v) is 22.5. The van der Waals surface area contributed by atoms with E-state index in [2.05, 4.69) is 23.6 Å². The highest BCUT2D eigenvalue weighted by atomic mass is 16.6. The SMILES string of the molecule is CC.CC1CCN(C(=O)c2ccc3c(c2)c2c(n3CC3CC3)CCN(C(=O)OC(C)(C)C)C2)CC1. The molecule has 2 amide bonds. The van der Waals surface area contributed by atoms with Gasteiger partial charge in [0.2, 0.25) is 0 Å². The molecule has 0 spiro atoms. The van der Waals surface area contributed by atoms with Gasteiger partial charge in [-0.1, -0.05) is 20.8 Å². The number of nitrogens with zero attached hydrogens (tertiary/aromatic N) is 3. The van der Waals surface area contributed by atoms with Crippen molar-refractivity contribution in [3.05, 3.63) is 35.0 Å². The lowest BCUT2D eigenvalue weighted by Crippen LogP contribution is -2.40. The summed E-state index contributed by atoms with van der Waals surface area (Å²) < 4.78 is 8.12. The van der Waals surface area contributed by atoms with E-state index in [0.29, 0.717) is 19.0 Å². The molecule has 1 aliphatic carbocycles. The first-order chi connectivity index (χ1) is 16.7. The van der Waals surface area contributed by atoms with E-state index in [0.717, 1.165) is 55.8 Å². The Morgan fingerprint density at radius 1 is 1.00 bits per heavy atom. The second-order valence-electron chi connectivity index (χ2n) is 11.3. The number of aromatic nitrogens is 1. The van der Waals surface area contributed by atoms with Crippen LogP contribution >= 0.6 is 0 Å². The minimum atomic E-state index is -0.511. The highest BCUT2D eigenvalue weighted by Crippen LogP contribution is 2.37. The molecule has 1 aromatic carbocycles. The lowest BCUT2D eigenvalue weighted by Gasteiger charge is -2.31. The number of hydrogen-bond acceptors (Lipinski definition) is 3. The third kappa shape index (κ3) is 5.68. The summed E-state index contributed by atoms with van der Waals surface area (Å²) in [6.45, 7) is 15.9. The van der Waals surface area contributed by atoms with E-state index >= 15 is 0 Å². The first kappa shape index (κ1) is 25.6. The summed E-state index contributed by atoms with van der Waals surface area (Å²) in [5, 5.41) is 1.12. The fourth-order valence-electron chi connectivity index (χ4n) is 5.23. The molecular weight excluding hydrogens is 438 g/mol. The van der Waals surface area contributed by atoms with Crippen LogP contribution in [-0.4, -0.2) is 51.6 Å². The Kier molecular flexibility index (Phi) is 7.48. The van der Waals surface area contributed by atoms with Gasteiger partial charge in [0.15, 0.2) is 0 Å². The summed E-state index contributed by atoms with van der Waals surface area (Å²) in [5.41, 5.74) is 3.96. The predicted molar refractivity (Wildman–Crippen MR) is 141 cm³/mol. The second kappa shape index (κ2) is 10.2. The van der Waals surface area contributed by atoms with Crippen molar-refractivity contribution >= 4 is 22.9 Å². The average molecular weight is 482 g/mol. The highest BCUT2D eigenvalue weighted by Gasteiger charge is 2.32. The van der Waals surface area contributed by atoms with E-state index in [1.807, 2.05) is 50.5 Å². The van der Waals surface area contributed by atoms with E-state index < -0.39 is 5.60 Å². The van der Waals surface area contributed by atoms with Crippen LogP contribution in [-0.2, 0) is 24.2 Å². The molecule has 6 nitrogen and oxygen atoms in total. The molecule has 0 unspecified atom stereocenters. The van der Waals surface area contributed by atoms with Crippen LogP contribution in [0, 0.1) is 11.8 Å². The number of ether oxygens (including phenoxy) is 1. The van der Waals surface area contributed by atoms with Gasteiger partial charge in [0.05, 0.1) is 6.54 Å². The number of amides is 2. The van der Waals surface area contributed by atoms with E-state index in [4.69, 9.17) is 4.74 Å². The molecule has 3 aliphatic rings. The van der Waals surface area contributed by atoms with Gasteiger partial charge in [-0.05, 0) is 76.5 Å². The molecule has 1 saturated heterocycles. The number of benzene rings is 1. The van der Waals surface area contributed by atoms with E-state index in [1.165, 1.54) is 29.6 Å². The van der Waals surface area contributed by atoms with Crippen molar-refractivity contribution in [3.8, 4) is 0 Å². The maximum absolute atomic E-state index is 13.3. The molecule has 35 heavy (non-hydrogen) atoms. The molecule has 3 heterocycles. The largest absolute Gasteiger partial charge is 0.444 e. The zero-order valence-electron chi connectivity index (χ0n) is 22.5. The van der Waals surface area contributed by atoms with E-state index in [1.54, 1.807) is 0 Å². The smallest absolute Gasteiger partial charge is 0.410 e. The molecule has 6 heteroatoms. The highest BCUT2D eigenvalue weighted by molar-refractivity contribution is 5.99. The molecule has 5 rings (SSSR count). The van der Waals surface area contributed by atoms with E-state index in [-0.39, 0.29) is 12.0 Å². The molecule has 1 aromatic heterocycles. The van der Waals surface area contributed by atoms with Crippen molar-refractivity contribution in [2.24, 2.45) is 11.8 Å². The molecular formula is C29H43N3O3. The molecule has 1 saturated carbocycles. The summed E-state index contributed by atoms with van der Waals surface area (Å²) in [6.07, 6.45) is 5.30. The Bertz CT molecular complexity index is 1070. The van der Waals surface area contributed by atoms with Crippen LogP contribution in [0.2, 0.25) is 0 Å². The molecule has 0 N–H and O–H groups in total. The fourth-order valence-corrected chi connectivity index (χ4v) is 5.23. The van der Waals surface area contributed by atoms with Gasteiger partial charge in [-0.2, -0.15) is 0 Å². The summed E-state index contributed by atoms with van der Waals surface area (Å²) in [4.78, 5) is 29.9. The second-order valence-corrected chi connectivity index (χ2v) is 11.3. The number of rotatable bonds is 3. The van der Waals surface area contributed by atoms with Gasteiger partial charge >= 0.3 is 6.09 Å². The Morgan fingerprint density at radius 2 is 1.69 bits per heavy atom. The van der Waals surface area contributed by atoms with Crippen LogP contribution < -0.4 is 0 Å². The third-order valence-electron chi connectivity index (χ3n) is 7.36. The van der Waals surface area contributed by atoms with Crippen molar-refractivity contribution in [2.75, 3.05) is 19.6 Å². The average Bonchev–Trinajstić information content (AvgIpc) is 3.61. The normalized spacial score (nSPS) is 18.7. The van der Waals surface area contributed by atoms with Crippen LogP contribution in [0.1, 0.15) is 88.8 Å². The van der Waals surface area contributed by atoms with Crippen molar-refractivity contribution in [2.45, 2.75) is 92.3 Å². The van der Waals surface area contributed by atoms with Crippen LogP contribution in [0.25, 0.3) is 10.9 Å². The van der Waals surface area contributed by atoms with Crippen molar-refractivity contribution in [1.82, 2.24) is 14.4 Å². The molecule has 0 bridgehead atoms. The number of fused-ring (bicyclic) bond motifs is 3. The van der Waals surface area contributed by atoms with Gasteiger partial charge in [0.25, 0.3) is 5.91 Å². The third-order valence-corrected chi connectivity index (χ3v) is 7.36. The molecule has 0 atom stereocenters. The Hall–Kier alpha value is -2.50. The first-order valence-corrected chi connectivity index (χ1v) is 13.6. The van der Waals surface area contributed by atoms with Crippen molar-refractivity contribution < 1.29 is 14.3 Å². The van der Waals surface area contributed by atoms with Crippen molar-refractivity contribution in [1.29, 1.82) is 0 Å². The molecule has 2 fully saturated rings. The van der Waals surface area contributed by atoms with Crippen LogP contribution in [0.5, 0.6) is 0 Å². The zero-order chi connectivity index (χ0) is 25.3. The van der Waals surface area contributed by atoms with Crippen molar-refractivity contribution in [3.63, 3.8) is 0 Å². The molecule has 2 aromatic rings. The number of hydrogen-bond donors (Lipinski definition) is 0. The molecule has 192 valence electrons. The summed E-state index contributed by atoms with van der Waals surface area (Å²) >= 11 is 0. The number of piperidine rings is 1. The van der Waals surface area contributed by atoms with Gasteiger partial charge in [-0.15, -0.1) is 0 Å². The van der Waals surface area contributed by atoms with Gasteiger partial charge in [-0.25, -0.2) is 4.79 Å². The summed E-state index contributed by atoms with van der Waals surface area (Å²) in [6, 6.07) is 6.22. The lowest BCUT2D eigenvalue weighted by atomic mass is 9.98. The Labute approximate surface area is 210 Å². The Balaban J connectivity index is 0.00000141. The summed E-state index contributed by atoms with van der Waals surface area (Å²) in [5.74, 6) is 1.58. The maximum Gasteiger partial charge on any atom is 0.410 e. The topological polar surface area (TPSA) is 54.8 Å². The monoisotopic (exact) mass is 481 g/mol. The maximum atomic E-state index is 13.3. The molecule has 2 aliphatic heterocycles. The quantitative estimate of drug-likeness (QED) is 0.521. The van der Waals surface area contributed by atoms with Crippen LogP contribution in [0.3, 0.4) is 0 Å². The summed E-state index contributed by atoms with van der Waals surface area (Å²) in [7, 11) is 0. The van der Waals surface area contributed by atoms with Gasteiger partial charge in [0.1, 0.15) is 5.60 Å². The van der Waals surface area contributed by atoms with Crippen LogP contribution in [0.15, 0.2) is 18.2 Å². The van der Waals surface area contributed by atoms with Gasteiger partial charge < -0.3 is 19.1 Å². The molecule has 0 radical (unpaired) electrons. The first-order valence-electron chi connectivity index (χ1n) is 13.6. The minimum Gasteiger partial charge on any atom is -0.444 e. The fraction of sp³-hybridized carbons (Fsp3) is 0.655.